The molecule has 0 amide bonds. The molecular weight excluding hydrogens is 158 g/mol. The van der Waals surface area contributed by atoms with Gasteiger partial charge in [-0.05, 0) is 43.4 Å². The zero-order valence-electron chi connectivity index (χ0n) is 8.26. The largest absolute Gasteiger partial charge is 0.261 e. The van der Waals surface area contributed by atoms with Gasteiger partial charge in [-0.2, -0.15) is 0 Å². The maximum Gasteiger partial charge on any atom is 0.0451 e. The standard InChI is InChI=1S/C12H13N/c1-8-4-5-12-10(3)13-7-6-11(12)9(8)2/h4-7H,1-3H3. The number of rotatable bonds is 0. The van der Waals surface area contributed by atoms with E-state index < -0.39 is 0 Å². The molecule has 0 aliphatic heterocycles. The first-order chi connectivity index (χ1) is 6.20. The monoisotopic (exact) mass is 171 g/mol. The van der Waals surface area contributed by atoms with E-state index >= 15 is 0 Å². The van der Waals surface area contributed by atoms with Crippen molar-refractivity contribution in [3.05, 3.63) is 41.2 Å². The minimum Gasteiger partial charge on any atom is -0.261 e. The summed E-state index contributed by atoms with van der Waals surface area (Å²) in [6.07, 6.45) is 1.88. The van der Waals surface area contributed by atoms with Crippen molar-refractivity contribution >= 4 is 10.8 Å². The van der Waals surface area contributed by atoms with Gasteiger partial charge < -0.3 is 0 Å². The Balaban J connectivity index is 2.94. The summed E-state index contributed by atoms with van der Waals surface area (Å²) in [5.74, 6) is 0. The molecule has 2 rings (SSSR count). The van der Waals surface area contributed by atoms with Crippen LogP contribution in [-0.2, 0) is 0 Å². The van der Waals surface area contributed by atoms with E-state index in [1.807, 2.05) is 6.20 Å². The van der Waals surface area contributed by atoms with E-state index in [9.17, 15) is 0 Å². The van der Waals surface area contributed by atoms with Crippen LogP contribution in [0.4, 0.5) is 0 Å². The van der Waals surface area contributed by atoms with E-state index in [0.717, 1.165) is 5.69 Å². The van der Waals surface area contributed by atoms with Crippen molar-refractivity contribution in [3.8, 4) is 0 Å². The average Bonchev–Trinajstić information content (AvgIpc) is 2.12. The third kappa shape index (κ3) is 1.21. The lowest BCUT2D eigenvalue weighted by molar-refractivity contribution is 1.23. The predicted molar refractivity (Wildman–Crippen MR) is 56.0 cm³/mol. The fourth-order valence-corrected chi connectivity index (χ4v) is 1.66. The third-order valence-electron chi connectivity index (χ3n) is 2.68. The number of pyridine rings is 1. The minimum atomic E-state index is 1.11. The van der Waals surface area contributed by atoms with E-state index in [0.29, 0.717) is 0 Å². The highest BCUT2D eigenvalue weighted by molar-refractivity contribution is 5.87. The van der Waals surface area contributed by atoms with E-state index in [1.54, 1.807) is 0 Å². The molecule has 0 bridgehead atoms. The quantitative estimate of drug-likeness (QED) is 0.593. The summed E-state index contributed by atoms with van der Waals surface area (Å²) in [5.41, 5.74) is 3.82. The van der Waals surface area contributed by atoms with Crippen LogP contribution >= 0.6 is 0 Å². The topological polar surface area (TPSA) is 12.9 Å². The van der Waals surface area contributed by atoms with Crippen LogP contribution in [0.15, 0.2) is 24.4 Å². The lowest BCUT2D eigenvalue weighted by Gasteiger charge is -2.06. The van der Waals surface area contributed by atoms with Crippen LogP contribution in [0.3, 0.4) is 0 Å². The van der Waals surface area contributed by atoms with Gasteiger partial charge in [-0.3, -0.25) is 4.98 Å². The fraction of sp³-hybridized carbons (Fsp3) is 0.250. The highest BCUT2D eigenvalue weighted by Gasteiger charge is 2.01. The van der Waals surface area contributed by atoms with Crippen LogP contribution in [-0.4, -0.2) is 4.98 Å². The molecule has 0 N–H and O–H groups in total. The molecule has 0 aliphatic rings. The zero-order valence-corrected chi connectivity index (χ0v) is 8.26. The molecular formula is C12H13N. The Labute approximate surface area is 78.4 Å². The molecule has 2 aromatic rings. The molecule has 0 fully saturated rings. The van der Waals surface area contributed by atoms with Gasteiger partial charge in [-0.15, -0.1) is 0 Å². The van der Waals surface area contributed by atoms with Crippen LogP contribution in [0, 0.1) is 20.8 Å². The van der Waals surface area contributed by atoms with Crippen LogP contribution in [0.2, 0.25) is 0 Å². The molecule has 1 heteroatoms. The lowest BCUT2D eigenvalue weighted by Crippen LogP contribution is -1.87. The summed E-state index contributed by atoms with van der Waals surface area (Å²) in [4.78, 5) is 4.28. The number of hydrogen-bond donors (Lipinski definition) is 0. The van der Waals surface area contributed by atoms with Crippen molar-refractivity contribution in [1.29, 1.82) is 0 Å². The maximum absolute atomic E-state index is 4.28. The molecule has 1 aromatic carbocycles. The van der Waals surface area contributed by atoms with Crippen LogP contribution in [0.1, 0.15) is 16.8 Å². The van der Waals surface area contributed by atoms with Gasteiger partial charge >= 0.3 is 0 Å². The first kappa shape index (κ1) is 8.24. The molecule has 0 saturated carbocycles. The van der Waals surface area contributed by atoms with Crippen molar-refractivity contribution < 1.29 is 0 Å². The molecule has 0 atom stereocenters. The van der Waals surface area contributed by atoms with Crippen LogP contribution < -0.4 is 0 Å². The van der Waals surface area contributed by atoms with E-state index in [4.69, 9.17) is 0 Å². The second-order valence-electron chi connectivity index (χ2n) is 3.50. The Morgan fingerprint density at radius 2 is 1.69 bits per heavy atom. The molecule has 1 aromatic heterocycles. The van der Waals surface area contributed by atoms with Crippen LogP contribution in [0.25, 0.3) is 10.8 Å². The highest BCUT2D eigenvalue weighted by Crippen LogP contribution is 2.22. The van der Waals surface area contributed by atoms with Gasteiger partial charge in [0.15, 0.2) is 0 Å². The number of aryl methyl sites for hydroxylation is 3. The Kier molecular flexibility index (Phi) is 1.80. The fourth-order valence-electron chi connectivity index (χ4n) is 1.66. The second kappa shape index (κ2) is 2.84. The molecule has 0 saturated heterocycles. The normalized spacial score (nSPS) is 10.7. The number of aromatic nitrogens is 1. The van der Waals surface area contributed by atoms with Crippen molar-refractivity contribution in [3.63, 3.8) is 0 Å². The average molecular weight is 171 g/mol. The maximum atomic E-state index is 4.28. The molecule has 1 nitrogen and oxygen atoms in total. The van der Waals surface area contributed by atoms with Gasteiger partial charge in [0.25, 0.3) is 0 Å². The van der Waals surface area contributed by atoms with Gasteiger partial charge in [0.05, 0.1) is 0 Å². The number of hydrogen-bond acceptors (Lipinski definition) is 1. The summed E-state index contributed by atoms with van der Waals surface area (Å²) < 4.78 is 0. The SMILES string of the molecule is Cc1ccc2c(C)nccc2c1C. The summed E-state index contributed by atoms with van der Waals surface area (Å²) in [7, 11) is 0. The van der Waals surface area contributed by atoms with Crippen molar-refractivity contribution in [2.75, 3.05) is 0 Å². The van der Waals surface area contributed by atoms with Gasteiger partial charge in [-0.1, -0.05) is 12.1 Å². The molecule has 0 spiro atoms. The van der Waals surface area contributed by atoms with Gasteiger partial charge in [-0.25, -0.2) is 0 Å². The Morgan fingerprint density at radius 1 is 0.923 bits per heavy atom. The first-order valence-corrected chi connectivity index (χ1v) is 4.51. The van der Waals surface area contributed by atoms with E-state index in [-0.39, 0.29) is 0 Å². The summed E-state index contributed by atoms with van der Waals surface area (Å²) in [5, 5.41) is 2.60. The number of benzene rings is 1. The minimum absolute atomic E-state index is 1.11. The Bertz CT molecular complexity index is 458. The van der Waals surface area contributed by atoms with E-state index in [2.05, 4.69) is 44.0 Å². The molecule has 0 radical (unpaired) electrons. The highest BCUT2D eigenvalue weighted by atomic mass is 14.7. The zero-order chi connectivity index (χ0) is 9.42. The first-order valence-electron chi connectivity index (χ1n) is 4.51. The van der Waals surface area contributed by atoms with Crippen molar-refractivity contribution in [1.82, 2.24) is 4.98 Å². The lowest BCUT2D eigenvalue weighted by atomic mass is 10.0. The van der Waals surface area contributed by atoms with Gasteiger partial charge in [0.2, 0.25) is 0 Å². The Morgan fingerprint density at radius 3 is 2.46 bits per heavy atom. The number of fused-ring (bicyclic) bond motifs is 1. The summed E-state index contributed by atoms with van der Waals surface area (Å²) in [6.45, 7) is 6.36. The van der Waals surface area contributed by atoms with Crippen molar-refractivity contribution in [2.45, 2.75) is 20.8 Å². The van der Waals surface area contributed by atoms with Crippen molar-refractivity contribution in [2.24, 2.45) is 0 Å². The molecule has 0 unspecified atom stereocenters. The second-order valence-corrected chi connectivity index (χ2v) is 3.50. The smallest absolute Gasteiger partial charge is 0.0451 e. The summed E-state index contributed by atoms with van der Waals surface area (Å²) >= 11 is 0. The van der Waals surface area contributed by atoms with Gasteiger partial charge in [0.1, 0.15) is 0 Å². The summed E-state index contributed by atoms with van der Waals surface area (Å²) in [6, 6.07) is 6.40. The molecule has 13 heavy (non-hydrogen) atoms. The van der Waals surface area contributed by atoms with Crippen LogP contribution in [0.5, 0.6) is 0 Å². The Hall–Kier alpha value is -1.37. The molecule has 1 heterocycles. The van der Waals surface area contributed by atoms with E-state index in [1.165, 1.54) is 21.9 Å². The molecule has 0 aliphatic carbocycles. The number of nitrogens with zero attached hydrogens (tertiary/aromatic N) is 1. The molecule has 66 valence electrons. The van der Waals surface area contributed by atoms with Gasteiger partial charge in [0, 0.05) is 17.3 Å². The third-order valence-corrected chi connectivity index (χ3v) is 2.68. The predicted octanol–water partition coefficient (Wildman–Crippen LogP) is 3.16.